The van der Waals surface area contributed by atoms with Gasteiger partial charge in [-0.3, -0.25) is 4.79 Å². The second kappa shape index (κ2) is 7.48. The summed E-state index contributed by atoms with van der Waals surface area (Å²) in [6.07, 6.45) is 0.270. The van der Waals surface area contributed by atoms with Crippen LogP contribution in [0.1, 0.15) is 23.7 Å². The van der Waals surface area contributed by atoms with Gasteiger partial charge in [0.05, 0.1) is 18.4 Å². The molecule has 0 saturated heterocycles. The summed E-state index contributed by atoms with van der Waals surface area (Å²) in [6.45, 7) is 3.25. The summed E-state index contributed by atoms with van der Waals surface area (Å²) in [5.41, 5.74) is 0.244. The third kappa shape index (κ3) is 4.67. The molecule has 1 aromatic rings. The molecule has 0 atom stereocenters. The predicted molar refractivity (Wildman–Crippen MR) is 69.5 cm³/mol. The summed E-state index contributed by atoms with van der Waals surface area (Å²) in [5.74, 6) is -1.51. The molecule has 0 aliphatic carbocycles. The van der Waals surface area contributed by atoms with Crippen LogP contribution in [0.25, 0.3) is 0 Å². The van der Waals surface area contributed by atoms with Crippen molar-refractivity contribution < 1.29 is 18.7 Å². The maximum atomic E-state index is 13.1. The SMILES string of the molecule is CCNCCC(=O)Nc1ccc(F)cc1C(=O)OC. The molecule has 0 bridgehead atoms. The van der Waals surface area contributed by atoms with E-state index in [1.54, 1.807) is 0 Å². The van der Waals surface area contributed by atoms with Gasteiger partial charge in [-0.1, -0.05) is 6.92 Å². The van der Waals surface area contributed by atoms with Crippen LogP contribution in [0.3, 0.4) is 0 Å². The number of nitrogens with one attached hydrogen (secondary N) is 2. The van der Waals surface area contributed by atoms with Gasteiger partial charge in [-0.25, -0.2) is 9.18 Å². The summed E-state index contributed by atoms with van der Waals surface area (Å²) < 4.78 is 17.6. The summed E-state index contributed by atoms with van der Waals surface area (Å²) in [5, 5.41) is 5.58. The zero-order valence-corrected chi connectivity index (χ0v) is 11.0. The van der Waals surface area contributed by atoms with Crippen molar-refractivity contribution in [2.45, 2.75) is 13.3 Å². The number of benzene rings is 1. The van der Waals surface area contributed by atoms with Crippen molar-refractivity contribution in [1.82, 2.24) is 5.32 Å². The van der Waals surface area contributed by atoms with E-state index in [1.807, 2.05) is 6.92 Å². The first-order valence-electron chi connectivity index (χ1n) is 5.97. The van der Waals surface area contributed by atoms with Crippen LogP contribution in [0.2, 0.25) is 0 Å². The van der Waals surface area contributed by atoms with E-state index in [0.29, 0.717) is 6.54 Å². The molecule has 5 nitrogen and oxygen atoms in total. The Balaban J connectivity index is 2.77. The summed E-state index contributed by atoms with van der Waals surface area (Å²) >= 11 is 0. The smallest absolute Gasteiger partial charge is 0.340 e. The standard InChI is InChI=1S/C13H17FN2O3/c1-3-15-7-6-12(17)16-11-5-4-9(14)8-10(11)13(18)19-2/h4-5,8,15H,3,6-7H2,1-2H3,(H,16,17). The lowest BCUT2D eigenvalue weighted by Crippen LogP contribution is -2.22. The van der Waals surface area contributed by atoms with Crippen LogP contribution in [0.15, 0.2) is 18.2 Å². The molecule has 0 unspecified atom stereocenters. The van der Waals surface area contributed by atoms with Crippen molar-refractivity contribution in [2.75, 3.05) is 25.5 Å². The molecular weight excluding hydrogens is 251 g/mol. The first kappa shape index (κ1) is 15.1. The number of halogens is 1. The summed E-state index contributed by atoms with van der Waals surface area (Å²) in [6, 6.07) is 3.55. The second-order valence-corrected chi connectivity index (χ2v) is 3.83. The fraction of sp³-hybridized carbons (Fsp3) is 0.385. The Kier molecular flexibility index (Phi) is 5.95. The van der Waals surface area contributed by atoms with Crippen LogP contribution in [0.4, 0.5) is 10.1 Å². The molecule has 104 valence electrons. The first-order valence-corrected chi connectivity index (χ1v) is 5.97. The molecule has 1 amide bonds. The van der Waals surface area contributed by atoms with Gasteiger partial charge in [-0.05, 0) is 24.7 Å². The molecule has 0 fully saturated rings. The molecular formula is C13H17FN2O3. The quantitative estimate of drug-likeness (QED) is 0.607. The van der Waals surface area contributed by atoms with E-state index in [-0.39, 0.29) is 23.6 Å². The molecule has 1 rings (SSSR count). The van der Waals surface area contributed by atoms with E-state index in [0.717, 1.165) is 12.6 Å². The maximum Gasteiger partial charge on any atom is 0.340 e. The number of esters is 1. The van der Waals surface area contributed by atoms with Gasteiger partial charge in [0, 0.05) is 13.0 Å². The predicted octanol–water partition coefficient (Wildman–Crippen LogP) is 1.55. The number of carbonyl (C=O) groups excluding carboxylic acids is 2. The highest BCUT2D eigenvalue weighted by atomic mass is 19.1. The zero-order chi connectivity index (χ0) is 14.3. The van der Waals surface area contributed by atoms with Crippen molar-refractivity contribution in [3.63, 3.8) is 0 Å². The first-order chi connectivity index (χ1) is 9.08. The third-order valence-electron chi connectivity index (χ3n) is 2.44. The van der Waals surface area contributed by atoms with Gasteiger partial charge in [-0.2, -0.15) is 0 Å². The van der Waals surface area contributed by atoms with Crippen molar-refractivity contribution in [2.24, 2.45) is 0 Å². The van der Waals surface area contributed by atoms with Gasteiger partial charge < -0.3 is 15.4 Å². The Labute approximate surface area is 111 Å². The van der Waals surface area contributed by atoms with Crippen molar-refractivity contribution in [3.8, 4) is 0 Å². The second-order valence-electron chi connectivity index (χ2n) is 3.83. The molecule has 0 heterocycles. The van der Waals surface area contributed by atoms with Crippen LogP contribution < -0.4 is 10.6 Å². The Morgan fingerprint density at radius 3 is 2.74 bits per heavy atom. The number of hydrogen-bond acceptors (Lipinski definition) is 4. The molecule has 1 aromatic carbocycles. The molecule has 6 heteroatoms. The third-order valence-corrected chi connectivity index (χ3v) is 2.44. The highest BCUT2D eigenvalue weighted by Gasteiger charge is 2.14. The minimum atomic E-state index is -0.693. The van der Waals surface area contributed by atoms with Crippen LogP contribution in [0.5, 0.6) is 0 Å². The number of methoxy groups -OCH3 is 1. The van der Waals surface area contributed by atoms with Gasteiger partial charge in [-0.15, -0.1) is 0 Å². The van der Waals surface area contributed by atoms with Gasteiger partial charge in [0.15, 0.2) is 0 Å². The molecule has 0 aliphatic rings. The fourth-order valence-electron chi connectivity index (χ4n) is 1.50. The summed E-state index contributed by atoms with van der Waals surface area (Å²) in [7, 11) is 1.20. The van der Waals surface area contributed by atoms with Crippen molar-refractivity contribution in [1.29, 1.82) is 0 Å². The van der Waals surface area contributed by atoms with E-state index in [1.165, 1.54) is 19.2 Å². The molecule has 0 radical (unpaired) electrons. The van der Waals surface area contributed by atoms with Gasteiger partial charge in [0.2, 0.25) is 5.91 Å². The number of ether oxygens (including phenoxy) is 1. The zero-order valence-electron chi connectivity index (χ0n) is 11.0. The minimum absolute atomic E-state index is 0.000647. The Morgan fingerprint density at radius 2 is 2.11 bits per heavy atom. The number of anilines is 1. The average molecular weight is 268 g/mol. The van der Waals surface area contributed by atoms with Crippen molar-refractivity contribution >= 4 is 17.6 Å². The molecule has 0 aliphatic heterocycles. The molecule has 19 heavy (non-hydrogen) atoms. The topological polar surface area (TPSA) is 67.4 Å². The van der Waals surface area contributed by atoms with E-state index < -0.39 is 11.8 Å². The lowest BCUT2D eigenvalue weighted by Gasteiger charge is -2.10. The van der Waals surface area contributed by atoms with Gasteiger partial charge >= 0.3 is 5.97 Å². The Bertz CT molecular complexity index is 463. The van der Waals surface area contributed by atoms with E-state index in [4.69, 9.17) is 0 Å². The fourth-order valence-corrected chi connectivity index (χ4v) is 1.50. The lowest BCUT2D eigenvalue weighted by atomic mass is 10.1. The van der Waals surface area contributed by atoms with Gasteiger partial charge in [0.25, 0.3) is 0 Å². The minimum Gasteiger partial charge on any atom is -0.465 e. The van der Waals surface area contributed by atoms with Gasteiger partial charge in [0.1, 0.15) is 5.82 Å². The monoisotopic (exact) mass is 268 g/mol. The van der Waals surface area contributed by atoms with E-state index in [9.17, 15) is 14.0 Å². The lowest BCUT2D eigenvalue weighted by molar-refractivity contribution is -0.116. The number of carbonyl (C=O) groups is 2. The molecule has 0 spiro atoms. The summed E-state index contributed by atoms with van der Waals surface area (Å²) in [4.78, 5) is 23.1. The highest BCUT2D eigenvalue weighted by molar-refractivity contribution is 6.01. The highest BCUT2D eigenvalue weighted by Crippen LogP contribution is 2.18. The largest absolute Gasteiger partial charge is 0.465 e. The number of hydrogen-bond donors (Lipinski definition) is 2. The van der Waals surface area contributed by atoms with Crippen molar-refractivity contribution in [3.05, 3.63) is 29.6 Å². The molecule has 2 N–H and O–H groups in total. The van der Waals surface area contributed by atoms with Crippen LogP contribution in [-0.2, 0) is 9.53 Å². The maximum absolute atomic E-state index is 13.1. The number of rotatable bonds is 6. The van der Waals surface area contributed by atoms with Crippen LogP contribution >= 0.6 is 0 Å². The van der Waals surface area contributed by atoms with Crippen LogP contribution in [-0.4, -0.2) is 32.1 Å². The normalized spacial score (nSPS) is 10.1. The number of amides is 1. The van der Waals surface area contributed by atoms with Crippen LogP contribution in [0, 0.1) is 5.82 Å². The molecule has 0 aromatic heterocycles. The van der Waals surface area contributed by atoms with E-state index in [2.05, 4.69) is 15.4 Å². The Morgan fingerprint density at radius 1 is 1.37 bits per heavy atom. The average Bonchev–Trinajstić information content (AvgIpc) is 2.40. The molecule has 0 saturated carbocycles. The van der Waals surface area contributed by atoms with E-state index >= 15 is 0 Å². The Hall–Kier alpha value is -1.95.